The first-order valence-electron chi connectivity index (χ1n) is 24.7. The molecule has 18 nitrogen and oxygen atoms in total. The van der Waals surface area contributed by atoms with Crippen molar-refractivity contribution in [2.24, 2.45) is 50.2 Å². The van der Waals surface area contributed by atoms with E-state index in [0.29, 0.717) is 19.3 Å². The summed E-state index contributed by atoms with van der Waals surface area (Å²) >= 11 is 0. The molecule has 9 N–H and O–H groups in total. The van der Waals surface area contributed by atoms with Gasteiger partial charge in [0.2, 0.25) is 0 Å². The Morgan fingerprint density at radius 3 is 2.01 bits per heavy atom. The zero-order valence-corrected chi connectivity index (χ0v) is 40.4. The Morgan fingerprint density at radius 2 is 1.36 bits per heavy atom. The number of carbonyl (C=O) groups excluding carboxylic acids is 1. The van der Waals surface area contributed by atoms with E-state index < -0.39 is 128 Å². The summed E-state index contributed by atoms with van der Waals surface area (Å²) < 4.78 is 41.8. The lowest BCUT2D eigenvalue weighted by molar-refractivity contribution is -0.392. The average molecular weight is 955 g/mol. The summed E-state index contributed by atoms with van der Waals surface area (Å²) in [6.07, 6.45) is -14.1. The highest BCUT2D eigenvalue weighted by molar-refractivity contribution is 5.77. The van der Waals surface area contributed by atoms with Crippen LogP contribution in [0, 0.1) is 50.2 Å². The second-order valence-electron chi connectivity index (χ2n) is 23.5. The van der Waals surface area contributed by atoms with Gasteiger partial charge in [-0.2, -0.15) is 0 Å². The molecule has 0 bridgehead atoms. The first-order chi connectivity index (χ1) is 31.3. The number of allylic oxidation sites excluding steroid dienone is 2. The van der Waals surface area contributed by atoms with Crippen molar-refractivity contribution >= 4 is 11.9 Å². The molecule has 0 amide bonds. The number of hydrogen-bond donors (Lipinski definition) is 9. The van der Waals surface area contributed by atoms with Crippen LogP contribution in [0.3, 0.4) is 0 Å². The SMILES string of the molecule is CCOC(=O)[C@H]1O[C@@H](O[C@H]2CC[C@]3(C)[C@H]4CC=C5[C@@H]6CC(C)(C)CC[C@]6(C(=O)O)CC[C@@]5(C)[C@]4(C)CC[C@H]3C2(C)C)[C@H](O[C@@H]2O[C@H](CO)[C@@H](O)[C@H](O)[C@H]2O[C@@H]2OC[C@@H](O)[C@H](O)[C@H]2O)[C@@H](O)[C@@H]1O. The molecule has 3 saturated heterocycles. The molecule has 0 aromatic rings. The summed E-state index contributed by atoms with van der Waals surface area (Å²) in [4.78, 5) is 26.4. The molecule has 0 radical (unpaired) electrons. The molecule has 382 valence electrons. The van der Waals surface area contributed by atoms with Gasteiger partial charge in [0.15, 0.2) is 25.0 Å². The molecule has 18 heteroatoms. The molecule has 3 aliphatic heterocycles. The van der Waals surface area contributed by atoms with Gasteiger partial charge in [-0.1, -0.05) is 60.1 Å². The third-order valence-corrected chi connectivity index (χ3v) is 19.2. The van der Waals surface area contributed by atoms with Crippen molar-refractivity contribution in [1.29, 1.82) is 0 Å². The maximum absolute atomic E-state index is 13.3. The second kappa shape index (κ2) is 18.3. The number of aliphatic carboxylic acids is 1. The zero-order valence-electron chi connectivity index (χ0n) is 40.4. The Morgan fingerprint density at radius 1 is 0.716 bits per heavy atom. The maximum atomic E-state index is 13.3. The lowest BCUT2D eigenvalue weighted by atomic mass is 9.33. The molecule has 4 saturated carbocycles. The van der Waals surface area contributed by atoms with Crippen LogP contribution in [0.5, 0.6) is 0 Å². The van der Waals surface area contributed by atoms with Gasteiger partial charge < -0.3 is 79.1 Å². The number of aliphatic hydroxyl groups is 8. The number of carbonyl (C=O) groups is 2. The summed E-state index contributed by atoms with van der Waals surface area (Å²) in [5.41, 5.74) is -0.312. The minimum Gasteiger partial charge on any atom is -0.481 e. The number of aliphatic hydroxyl groups excluding tert-OH is 8. The minimum absolute atomic E-state index is 0.00726. The van der Waals surface area contributed by atoms with Crippen LogP contribution in [0.15, 0.2) is 11.6 Å². The third-order valence-electron chi connectivity index (χ3n) is 19.2. The van der Waals surface area contributed by atoms with Gasteiger partial charge >= 0.3 is 11.9 Å². The van der Waals surface area contributed by atoms with Crippen LogP contribution in [-0.2, 0) is 42.7 Å². The van der Waals surface area contributed by atoms with Gasteiger partial charge in [-0.25, -0.2) is 4.79 Å². The van der Waals surface area contributed by atoms with Crippen LogP contribution < -0.4 is 0 Å². The minimum atomic E-state index is -1.90. The number of esters is 1. The topological polar surface area (TPSA) is 281 Å². The van der Waals surface area contributed by atoms with Crippen molar-refractivity contribution < 1.29 is 88.7 Å². The smallest absolute Gasteiger partial charge is 0.338 e. The van der Waals surface area contributed by atoms with Crippen LogP contribution in [0.1, 0.15) is 120 Å². The second-order valence-corrected chi connectivity index (χ2v) is 23.5. The van der Waals surface area contributed by atoms with Crippen LogP contribution in [-0.4, -0.2) is 170 Å². The fourth-order valence-corrected chi connectivity index (χ4v) is 15.0. The Labute approximate surface area is 393 Å². The van der Waals surface area contributed by atoms with Crippen LogP contribution in [0.2, 0.25) is 0 Å². The lowest BCUT2D eigenvalue weighted by Gasteiger charge is -2.71. The highest BCUT2D eigenvalue weighted by Crippen LogP contribution is 2.76. The fourth-order valence-electron chi connectivity index (χ4n) is 15.0. The molecule has 0 unspecified atom stereocenters. The summed E-state index contributed by atoms with van der Waals surface area (Å²) in [7, 11) is 0. The number of carboxylic acid groups (broad SMARTS) is 1. The zero-order chi connectivity index (χ0) is 49.0. The normalized spacial score (nSPS) is 51.5. The van der Waals surface area contributed by atoms with Crippen molar-refractivity contribution in [3.63, 3.8) is 0 Å². The quantitative estimate of drug-likeness (QED) is 0.0859. The molecule has 5 aliphatic carbocycles. The molecule has 0 spiro atoms. The van der Waals surface area contributed by atoms with Crippen LogP contribution >= 0.6 is 0 Å². The highest BCUT2D eigenvalue weighted by Gasteiger charge is 2.70. The molecular formula is C49H78O18. The van der Waals surface area contributed by atoms with Crippen molar-refractivity contribution in [3.8, 4) is 0 Å². The number of ether oxygens (including phenoxy) is 7. The van der Waals surface area contributed by atoms with Crippen molar-refractivity contribution in [2.75, 3.05) is 19.8 Å². The Kier molecular flexibility index (Phi) is 14.1. The van der Waals surface area contributed by atoms with E-state index in [1.165, 1.54) is 5.57 Å². The van der Waals surface area contributed by atoms with Crippen LogP contribution in [0.25, 0.3) is 0 Å². The molecule has 22 atom stereocenters. The van der Waals surface area contributed by atoms with Gasteiger partial charge in [-0.3, -0.25) is 4.79 Å². The Bertz CT molecular complexity index is 1860. The van der Waals surface area contributed by atoms with E-state index in [4.69, 9.17) is 33.2 Å². The summed E-state index contributed by atoms with van der Waals surface area (Å²) in [5.74, 6) is -1.20. The van der Waals surface area contributed by atoms with Gasteiger partial charge in [0.05, 0.1) is 31.3 Å². The van der Waals surface area contributed by atoms with Gasteiger partial charge in [-0.15, -0.1) is 0 Å². The molecule has 67 heavy (non-hydrogen) atoms. The van der Waals surface area contributed by atoms with E-state index in [1.807, 2.05) is 0 Å². The summed E-state index contributed by atoms with van der Waals surface area (Å²) in [6.45, 7) is 16.4. The summed E-state index contributed by atoms with van der Waals surface area (Å²) in [5, 5.41) is 97.4. The third kappa shape index (κ3) is 8.26. The lowest BCUT2D eigenvalue weighted by Crippen LogP contribution is -2.68. The first kappa shape index (κ1) is 51.5. The number of hydrogen-bond acceptors (Lipinski definition) is 17. The summed E-state index contributed by atoms with van der Waals surface area (Å²) in [6, 6.07) is 0. The molecule has 3 heterocycles. The molecule has 8 rings (SSSR count). The van der Waals surface area contributed by atoms with E-state index in [-0.39, 0.29) is 46.0 Å². The number of fused-ring (bicyclic) bond motifs is 7. The van der Waals surface area contributed by atoms with E-state index >= 15 is 0 Å². The first-order valence-corrected chi connectivity index (χ1v) is 24.7. The van der Waals surface area contributed by atoms with Gasteiger partial charge in [0.1, 0.15) is 61.0 Å². The fraction of sp³-hybridized carbons (Fsp3) is 0.918. The van der Waals surface area contributed by atoms with E-state index in [9.17, 15) is 55.5 Å². The van der Waals surface area contributed by atoms with E-state index in [2.05, 4.69) is 54.5 Å². The molecular weight excluding hydrogens is 877 g/mol. The standard InChI is InChI=1S/C49H78O18/c1-9-61-39(58)36-33(55)34(56)38(67-41-37(32(54)31(53)26(21-50)63-41)66-40-35(57)30(52)25(51)22-62-40)42(65-36)64-29-13-14-46(6)27(45(29,4)5)12-15-48(8)28(46)11-10-23-24-20-44(2,3)16-18-49(24,43(59)60)19-17-47(23,48)7/h10,24-38,40-42,50-57H,9,11-22H2,1-8H3,(H,59,60)/t24-,25+,26+,27-,28+,29-,30-,31+,32-,33-,34-,35+,36-,37+,38+,40-,41-,42+,46-,47+,48+,49-/m0/s1. The number of carboxylic acids is 1. The highest BCUT2D eigenvalue weighted by atomic mass is 16.8. The Balaban J connectivity index is 1.07. The van der Waals surface area contributed by atoms with Crippen molar-refractivity contribution in [3.05, 3.63) is 11.6 Å². The van der Waals surface area contributed by atoms with E-state index in [1.54, 1.807) is 6.92 Å². The van der Waals surface area contributed by atoms with Gasteiger partial charge in [0.25, 0.3) is 0 Å². The molecule has 7 fully saturated rings. The predicted octanol–water partition coefficient (Wildman–Crippen LogP) is 1.92. The van der Waals surface area contributed by atoms with E-state index in [0.717, 1.165) is 44.9 Å². The maximum Gasteiger partial charge on any atom is 0.338 e. The van der Waals surface area contributed by atoms with Gasteiger partial charge in [-0.05, 0) is 116 Å². The molecule has 0 aromatic carbocycles. The van der Waals surface area contributed by atoms with Gasteiger partial charge in [0, 0.05) is 0 Å². The Hall–Kier alpha value is -1.88. The van der Waals surface area contributed by atoms with Crippen molar-refractivity contribution in [2.45, 2.75) is 212 Å². The molecule has 8 aliphatic rings. The predicted molar refractivity (Wildman–Crippen MR) is 234 cm³/mol. The molecule has 0 aromatic heterocycles. The van der Waals surface area contributed by atoms with Crippen LogP contribution in [0.4, 0.5) is 0 Å². The average Bonchev–Trinajstić information content (AvgIpc) is 3.26. The van der Waals surface area contributed by atoms with Crippen molar-refractivity contribution in [1.82, 2.24) is 0 Å². The largest absolute Gasteiger partial charge is 0.481 e. The number of rotatable bonds is 10. The monoisotopic (exact) mass is 955 g/mol.